The van der Waals surface area contributed by atoms with Crippen LogP contribution in [0.5, 0.6) is 5.75 Å². The lowest BCUT2D eigenvalue weighted by Crippen LogP contribution is -2.20. The van der Waals surface area contributed by atoms with Crippen LogP contribution in [0.15, 0.2) is 58.3 Å². The van der Waals surface area contributed by atoms with Crippen molar-refractivity contribution >= 4 is 17.9 Å². The summed E-state index contributed by atoms with van der Waals surface area (Å²) >= 11 is 0. The number of aromatic nitrogens is 5. The topological polar surface area (TPSA) is 146 Å². The van der Waals surface area contributed by atoms with Crippen LogP contribution in [0.4, 0.5) is 19.0 Å². The Hall–Kier alpha value is -4.75. The third-order valence-corrected chi connectivity index (χ3v) is 4.82. The molecule has 2 heterocycles. The molecule has 0 atom stereocenters. The summed E-state index contributed by atoms with van der Waals surface area (Å²) in [6.45, 7) is 2.51. The Balaban J connectivity index is 1.66. The number of carbonyl (C=O) groups excluding carboxylic acids is 1. The molecular formula is C22H19F3N8O3. The van der Waals surface area contributed by atoms with Crippen LogP contribution in [0.1, 0.15) is 35.0 Å². The van der Waals surface area contributed by atoms with E-state index in [4.69, 9.17) is 10.5 Å². The molecule has 0 aliphatic heterocycles. The highest BCUT2D eigenvalue weighted by molar-refractivity contribution is 5.99. The first-order chi connectivity index (χ1) is 17.3. The van der Waals surface area contributed by atoms with Gasteiger partial charge in [0.15, 0.2) is 5.69 Å². The third kappa shape index (κ3) is 5.16. The highest BCUT2D eigenvalue weighted by Crippen LogP contribution is 2.31. The largest absolute Gasteiger partial charge is 0.494 e. The number of amides is 1. The van der Waals surface area contributed by atoms with Gasteiger partial charge in [0.1, 0.15) is 11.4 Å². The van der Waals surface area contributed by atoms with Gasteiger partial charge in [-0.2, -0.15) is 23.0 Å². The van der Waals surface area contributed by atoms with Gasteiger partial charge in [-0.15, -0.1) is 5.10 Å². The Morgan fingerprint density at radius 1 is 1.19 bits per heavy atom. The highest BCUT2D eigenvalue weighted by Gasteiger charge is 2.32. The standard InChI is InChI=1S/C22H19F3N8O3/c1-2-11-35-15-9-7-13(8-10-15)18-17(28-32-33(18)20-19(26)30-36-31-20)21(34)29-27-12-14-5-3-4-6-16(14)22(23,24)25/h3-10,12H,2,11H2,1H3,(H2,26,30)(H,29,34)/b27-12+. The van der Waals surface area contributed by atoms with E-state index in [-0.39, 0.29) is 28.6 Å². The minimum Gasteiger partial charge on any atom is -0.494 e. The van der Waals surface area contributed by atoms with Gasteiger partial charge >= 0.3 is 6.18 Å². The summed E-state index contributed by atoms with van der Waals surface area (Å²) in [6, 6.07) is 11.5. The molecule has 0 aliphatic carbocycles. The number of rotatable bonds is 8. The van der Waals surface area contributed by atoms with E-state index in [1.165, 1.54) is 18.2 Å². The normalized spacial score (nSPS) is 11.7. The Bertz CT molecular complexity index is 1380. The minimum atomic E-state index is -4.58. The van der Waals surface area contributed by atoms with Crippen LogP contribution in [0.25, 0.3) is 17.1 Å². The molecule has 0 saturated carbocycles. The molecule has 0 radical (unpaired) electrons. The van der Waals surface area contributed by atoms with Crippen molar-refractivity contribution in [3.05, 3.63) is 65.4 Å². The van der Waals surface area contributed by atoms with Crippen molar-refractivity contribution in [2.75, 3.05) is 12.3 Å². The van der Waals surface area contributed by atoms with Crippen LogP contribution in [0.2, 0.25) is 0 Å². The lowest BCUT2D eigenvalue weighted by Gasteiger charge is -2.09. The first kappa shape index (κ1) is 24.4. The minimum absolute atomic E-state index is 0.00883. The van der Waals surface area contributed by atoms with E-state index in [2.05, 4.69) is 35.8 Å². The number of anilines is 1. The van der Waals surface area contributed by atoms with E-state index >= 15 is 0 Å². The summed E-state index contributed by atoms with van der Waals surface area (Å²) in [5, 5.41) is 18.7. The van der Waals surface area contributed by atoms with E-state index in [1.807, 2.05) is 6.92 Å². The first-order valence-electron chi connectivity index (χ1n) is 10.6. The van der Waals surface area contributed by atoms with E-state index in [9.17, 15) is 18.0 Å². The Labute approximate surface area is 201 Å². The summed E-state index contributed by atoms with van der Waals surface area (Å²) in [4.78, 5) is 12.9. The summed E-state index contributed by atoms with van der Waals surface area (Å²) in [5.41, 5.74) is 7.31. The molecule has 0 saturated heterocycles. The monoisotopic (exact) mass is 500 g/mol. The van der Waals surface area contributed by atoms with Gasteiger partial charge in [-0.3, -0.25) is 4.79 Å². The van der Waals surface area contributed by atoms with E-state index in [0.29, 0.717) is 17.9 Å². The SMILES string of the molecule is CCCOc1ccc(-c2c(C(=O)N/N=C/c3ccccc3C(F)(F)F)nnn2-c2nonc2N)cc1. The summed E-state index contributed by atoms with van der Waals surface area (Å²) in [6.07, 6.45) is -2.86. The van der Waals surface area contributed by atoms with Crippen molar-refractivity contribution in [1.29, 1.82) is 0 Å². The molecule has 0 spiro atoms. The average Bonchev–Trinajstić information content (AvgIpc) is 3.48. The van der Waals surface area contributed by atoms with E-state index in [1.54, 1.807) is 24.3 Å². The van der Waals surface area contributed by atoms with Gasteiger partial charge in [0.05, 0.1) is 18.4 Å². The summed E-state index contributed by atoms with van der Waals surface area (Å²) in [5.74, 6) is -0.331. The number of nitrogens with two attached hydrogens (primary N) is 1. The van der Waals surface area contributed by atoms with Crippen LogP contribution in [0.3, 0.4) is 0 Å². The molecule has 0 bridgehead atoms. The lowest BCUT2D eigenvalue weighted by atomic mass is 10.1. The van der Waals surface area contributed by atoms with Gasteiger partial charge in [-0.05, 0) is 47.1 Å². The quantitative estimate of drug-likeness (QED) is 0.276. The molecule has 2 aromatic carbocycles. The van der Waals surface area contributed by atoms with Gasteiger partial charge in [-0.1, -0.05) is 30.3 Å². The fourth-order valence-corrected chi connectivity index (χ4v) is 3.19. The van der Waals surface area contributed by atoms with Gasteiger partial charge < -0.3 is 10.5 Å². The Kier molecular flexibility index (Phi) is 6.94. The molecule has 0 unspecified atom stereocenters. The number of hydrogen-bond acceptors (Lipinski definition) is 9. The van der Waals surface area contributed by atoms with Gasteiger partial charge in [0.25, 0.3) is 5.91 Å². The molecule has 4 rings (SSSR count). The van der Waals surface area contributed by atoms with E-state index < -0.39 is 17.6 Å². The van der Waals surface area contributed by atoms with Gasteiger partial charge in [0.2, 0.25) is 11.6 Å². The average molecular weight is 500 g/mol. The fraction of sp³-hybridized carbons (Fsp3) is 0.182. The molecule has 186 valence electrons. The molecule has 0 aliphatic rings. The van der Waals surface area contributed by atoms with Crippen molar-refractivity contribution in [3.63, 3.8) is 0 Å². The number of hydrazone groups is 1. The number of nitrogens with zero attached hydrogens (tertiary/aromatic N) is 6. The smallest absolute Gasteiger partial charge is 0.417 e. The van der Waals surface area contributed by atoms with Crippen LogP contribution in [0, 0.1) is 0 Å². The van der Waals surface area contributed by atoms with Gasteiger partial charge in [-0.25, -0.2) is 10.1 Å². The van der Waals surface area contributed by atoms with Crippen molar-refractivity contribution in [2.24, 2.45) is 5.10 Å². The summed E-state index contributed by atoms with van der Waals surface area (Å²) < 4.78 is 51.0. The van der Waals surface area contributed by atoms with Crippen molar-refractivity contribution in [2.45, 2.75) is 19.5 Å². The number of nitrogens with one attached hydrogen (secondary N) is 1. The Morgan fingerprint density at radius 3 is 2.61 bits per heavy atom. The first-order valence-corrected chi connectivity index (χ1v) is 10.6. The second kappa shape index (κ2) is 10.2. The molecule has 36 heavy (non-hydrogen) atoms. The lowest BCUT2D eigenvalue weighted by molar-refractivity contribution is -0.137. The highest BCUT2D eigenvalue weighted by atomic mass is 19.4. The molecule has 1 amide bonds. The maximum absolute atomic E-state index is 13.2. The predicted octanol–water partition coefficient (Wildman–Crippen LogP) is 3.47. The van der Waals surface area contributed by atoms with Crippen molar-refractivity contribution in [3.8, 4) is 22.8 Å². The van der Waals surface area contributed by atoms with Crippen LogP contribution >= 0.6 is 0 Å². The van der Waals surface area contributed by atoms with Crippen molar-refractivity contribution < 1.29 is 27.3 Å². The fourth-order valence-electron chi connectivity index (χ4n) is 3.19. The number of nitrogen functional groups attached to an aromatic ring is 1. The van der Waals surface area contributed by atoms with Crippen LogP contribution < -0.4 is 15.9 Å². The predicted molar refractivity (Wildman–Crippen MR) is 121 cm³/mol. The molecule has 2 aromatic heterocycles. The number of hydrogen-bond donors (Lipinski definition) is 2. The zero-order valence-electron chi connectivity index (χ0n) is 18.7. The number of halogens is 3. The molecule has 11 nitrogen and oxygen atoms in total. The zero-order chi connectivity index (χ0) is 25.7. The van der Waals surface area contributed by atoms with E-state index in [0.717, 1.165) is 23.4 Å². The maximum Gasteiger partial charge on any atom is 0.417 e. The second-order valence-corrected chi connectivity index (χ2v) is 7.33. The molecule has 14 heteroatoms. The van der Waals surface area contributed by atoms with Crippen LogP contribution in [-0.4, -0.2) is 44.0 Å². The Morgan fingerprint density at radius 2 is 1.94 bits per heavy atom. The number of benzene rings is 2. The molecule has 0 fully saturated rings. The molecular weight excluding hydrogens is 481 g/mol. The molecule has 4 aromatic rings. The van der Waals surface area contributed by atoms with Crippen molar-refractivity contribution in [1.82, 2.24) is 30.7 Å². The number of alkyl halides is 3. The zero-order valence-corrected chi connectivity index (χ0v) is 18.7. The van der Waals surface area contributed by atoms with Gasteiger partial charge in [0, 0.05) is 11.1 Å². The number of carbonyl (C=O) groups is 1. The number of ether oxygens (including phenoxy) is 1. The van der Waals surface area contributed by atoms with Crippen LogP contribution in [-0.2, 0) is 6.18 Å². The third-order valence-electron chi connectivity index (χ3n) is 4.82. The second-order valence-electron chi connectivity index (χ2n) is 7.33. The summed E-state index contributed by atoms with van der Waals surface area (Å²) in [7, 11) is 0. The molecule has 3 N–H and O–H groups in total. The maximum atomic E-state index is 13.2.